The second-order valence-electron chi connectivity index (χ2n) is 6.84. The summed E-state index contributed by atoms with van der Waals surface area (Å²) >= 11 is 0. The van der Waals surface area contributed by atoms with E-state index in [-0.39, 0.29) is 23.8 Å². The van der Waals surface area contributed by atoms with E-state index in [9.17, 15) is 9.59 Å². The summed E-state index contributed by atoms with van der Waals surface area (Å²) in [5.74, 6) is 0.108. The Kier molecular flexibility index (Phi) is 5.14. The van der Waals surface area contributed by atoms with E-state index in [0.717, 1.165) is 32.5 Å². The van der Waals surface area contributed by atoms with Gasteiger partial charge in [0.25, 0.3) is 5.91 Å². The van der Waals surface area contributed by atoms with Crippen LogP contribution in [0, 0.1) is 5.92 Å². The number of hydrogen-bond donors (Lipinski definition) is 1. The fraction of sp³-hybridized carbons (Fsp3) is 0.611. The smallest absolute Gasteiger partial charge is 0.253 e. The third kappa shape index (κ3) is 3.43. The lowest BCUT2D eigenvalue weighted by atomic mass is 9.94. The molecule has 0 aromatic carbocycles. The van der Waals surface area contributed by atoms with Gasteiger partial charge in [0.1, 0.15) is 0 Å². The van der Waals surface area contributed by atoms with E-state index in [4.69, 9.17) is 0 Å². The van der Waals surface area contributed by atoms with Crippen molar-refractivity contribution in [2.45, 2.75) is 38.8 Å². The van der Waals surface area contributed by atoms with Crippen LogP contribution in [0.25, 0.3) is 0 Å². The second-order valence-corrected chi connectivity index (χ2v) is 6.84. The van der Waals surface area contributed by atoms with E-state index in [1.54, 1.807) is 24.5 Å². The largest absolute Gasteiger partial charge is 0.338 e. The third-order valence-corrected chi connectivity index (χ3v) is 5.30. The molecule has 0 aliphatic carbocycles. The molecule has 3 rings (SSSR count). The molecule has 0 spiro atoms. The Morgan fingerprint density at radius 3 is 2.71 bits per heavy atom. The minimum Gasteiger partial charge on any atom is -0.338 e. The van der Waals surface area contributed by atoms with Gasteiger partial charge in [0.2, 0.25) is 5.91 Å². The molecule has 1 aromatic heterocycles. The first-order valence-electron chi connectivity index (χ1n) is 8.81. The average Bonchev–Trinajstić information content (AvgIpc) is 2.63. The molecule has 1 aromatic rings. The van der Waals surface area contributed by atoms with Gasteiger partial charge in [-0.05, 0) is 38.8 Å². The number of aromatic nitrogens is 1. The Balaban J connectivity index is 1.67. The van der Waals surface area contributed by atoms with Crippen molar-refractivity contribution in [3.8, 4) is 0 Å². The Morgan fingerprint density at radius 2 is 1.96 bits per heavy atom. The summed E-state index contributed by atoms with van der Waals surface area (Å²) in [6.07, 6.45) is 5.00. The van der Waals surface area contributed by atoms with Gasteiger partial charge in [-0.2, -0.15) is 0 Å². The molecule has 3 unspecified atom stereocenters. The van der Waals surface area contributed by atoms with Gasteiger partial charge >= 0.3 is 0 Å². The molecule has 2 aliphatic heterocycles. The number of piperidine rings is 1. The maximum atomic E-state index is 13.0. The fourth-order valence-corrected chi connectivity index (χ4v) is 3.64. The van der Waals surface area contributed by atoms with Crippen LogP contribution in [0.15, 0.2) is 24.5 Å². The van der Waals surface area contributed by atoms with Gasteiger partial charge in [-0.3, -0.25) is 14.6 Å². The molecule has 3 atom stereocenters. The SMILES string of the molecule is CC1NCCN(C(=O)C2CCCN(C(=O)c3ccncc3)C2)C1C. The lowest BCUT2D eigenvalue weighted by Crippen LogP contribution is -2.59. The van der Waals surface area contributed by atoms with Gasteiger partial charge in [0, 0.05) is 56.2 Å². The summed E-state index contributed by atoms with van der Waals surface area (Å²) in [6, 6.07) is 3.96. The fourth-order valence-electron chi connectivity index (χ4n) is 3.64. The molecule has 0 saturated carbocycles. The summed E-state index contributed by atoms with van der Waals surface area (Å²) in [4.78, 5) is 33.4. The number of carbonyl (C=O) groups is 2. The highest BCUT2D eigenvalue weighted by molar-refractivity contribution is 5.94. The van der Waals surface area contributed by atoms with E-state index < -0.39 is 0 Å². The van der Waals surface area contributed by atoms with E-state index >= 15 is 0 Å². The van der Waals surface area contributed by atoms with Crippen LogP contribution >= 0.6 is 0 Å². The lowest BCUT2D eigenvalue weighted by molar-refractivity contribution is -0.140. The highest BCUT2D eigenvalue weighted by atomic mass is 16.2. The maximum Gasteiger partial charge on any atom is 0.253 e. The molecule has 6 heteroatoms. The summed E-state index contributed by atoms with van der Waals surface area (Å²) in [5.41, 5.74) is 0.641. The van der Waals surface area contributed by atoms with Gasteiger partial charge in [-0.25, -0.2) is 0 Å². The molecule has 2 fully saturated rings. The molecule has 1 N–H and O–H groups in total. The first-order chi connectivity index (χ1) is 11.6. The number of piperazine rings is 1. The van der Waals surface area contributed by atoms with Crippen molar-refractivity contribution in [2.24, 2.45) is 5.92 Å². The number of amides is 2. The van der Waals surface area contributed by atoms with Gasteiger partial charge in [-0.15, -0.1) is 0 Å². The molecular formula is C18H26N4O2. The Bertz CT molecular complexity index is 592. The zero-order valence-electron chi connectivity index (χ0n) is 14.4. The summed E-state index contributed by atoms with van der Waals surface area (Å²) in [7, 11) is 0. The Hall–Kier alpha value is -1.95. The molecule has 2 aliphatic rings. The second kappa shape index (κ2) is 7.30. The molecule has 0 bridgehead atoms. The van der Waals surface area contributed by atoms with Crippen LogP contribution in [-0.2, 0) is 4.79 Å². The molecular weight excluding hydrogens is 304 g/mol. The highest BCUT2D eigenvalue weighted by Crippen LogP contribution is 2.23. The van der Waals surface area contributed by atoms with E-state index in [1.165, 1.54) is 0 Å². The van der Waals surface area contributed by atoms with Crippen LogP contribution in [-0.4, -0.2) is 64.9 Å². The van der Waals surface area contributed by atoms with Gasteiger partial charge in [0.15, 0.2) is 0 Å². The summed E-state index contributed by atoms with van der Waals surface area (Å²) < 4.78 is 0. The van der Waals surface area contributed by atoms with E-state index in [0.29, 0.717) is 18.2 Å². The van der Waals surface area contributed by atoms with E-state index in [1.807, 2.05) is 9.80 Å². The zero-order valence-corrected chi connectivity index (χ0v) is 14.4. The minimum atomic E-state index is -0.0858. The quantitative estimate of drug-likeness (QED) is 0.883. The predicted molar refractivity (Wildman–Crippen MR) is 91.5 cm³/mol. The minimum absolute atomic E-state index is 0.00312. The van der Waals surface area contributed by atoms with Crippen molar-refractivity contribution in [3.05, 3.63) is 30.1 Å². The van der Waals surface area contributed by atoms with Crippen LogP contribution in [0.2, 0.25) is 0 Å². The molecule has 0 radical (unpaired) electrons. The number of hydrogen-bond acceptors (Lipinski definition) is 4. The third-order valence-electron chi connectivity index (χ3n) is 5.30. The highest BCUT2D eigenvalue weighted by Gasteiger charge is 2.35. The Labute approximate surface area is 143 Å². The van der Waals surface area contributed by atoms with Crippen molar-refractivity contribution < 1.29 is 9.59 Å². The first-order valence-corrected chi connectivity index (χ1v) is 8.81. The van der Waals surface area contributed by atoms with Crippen LogP contribution in [0.5, 0.6) is 0 Å². The number of nitrogens with one attached hydrogen (secondary N) is 1. The molecule has 2 saturated heterocycles. The van der Waals surface area contributed by atoms with Crippen molar-refractivity contribution in [2.75, 3.05) is 26.2 Å². The summed E-state index contributed by atoms with van der Waals surface area (Å²) in [6.45, 7) is 7.04. The van der Waals surface area contributed by atoms with Crippen molar-refractivity contribution in [1.82, 2.24) is 20.1 Å². The van der Waals surface area contributed by atoms with Crippen molar-refractivity contribution in [3.63, 3.8) is 0 Å². The van der Waals surface area contributed by atoms with Crippen molar-refractivity contribution in [1.29, 1.82) is 0 Å². The van der Waals surface area contributed by atoms with Crippen LogP contribution in [0.1, 0.15) is 37.0 Å². The van der Waals surface area contributed by atoms with Crippen molar-refractivity contribution >= 4 is 11.8 Å². The maximum absolute atomic E-state index is 13.0. The standard InChI is InChI=1S/C18H26N4O2/c1-13-14(2)22(11-9-20-13)18(24)16-4-3-10-21(12-16)17(23)15-5-7-19-8-6-15/h5-8,13-14,16,20H,3-4,9-12H2,1-2H3. The van der Waals surface area contributed by atoms with Gasteiger partial charge < -0.3 is 15.1 Å². The molecule has 24 heavy (non-hydrogen) atoms. The van der Waals surface area contributed by atoms with Crippen LogP contribution in [0.4, 0.5) is 0 Å². The number of likely N-dealkylation sites (tertiary alicyclic amines) is 1. The lowest BCUT2D eigenvalue weighted by Gasteiger charge is -2.42. The van der Waals surface area contributed by atoms with Gasteiger partial charge in [-0.1, -0.05) is 0 Å². The predicted octanol–water partition coefficient (Wildman–Crippen LogP) is 1.14. The van der Waals surface area contributed by atoms with Crippen LogP contribution in [0.3, 0.4) is 0 Å². The normalized spacial score (nSPS) is 27.8. The zero-order chi connectivity index (χ0) is 17.1. The number of nitrogens with zero attached hydrogens (tertiary/aromatic N) is 3. The average molecular weight is 330 g/mol. The number of rotatable bonds is 2. The summed E-state index contributed by atoms with van der Waals surface area (Å²) in [5, 5.41) is 3.40. The van der Waals surface area contributed by atoms with Crippen LogP contribution < -0.4 is 5.32 Å². The van der Waals surface area contributed by atoms with E-state index in [2.05, 4.69) is 24.1 Å². The van der Waals surface area contributed by atoms with Gasteiger partial charge in [0.05, 0.1) is 5.92 Å². The molecule has 130 valence electrons. The number of pyridine rings is 1. The monoisotopic (exact) mass is 330 g/mol. The first kappa shape index (κ1) is 16.9. The molecule has 3 heterocycles. The molecule has 2 amide bonds. The topological polar surface area (TPSA) is 65.5 Å². The Morgan fingerprint density at radius 1 is 1.21 bits per heavy atom. The number of carbonyl (C=O) groups excluding carboxylic acids is 2. The molecule has 6 nitrogen and oxygen atoms in total.